The van der Waals surface area contributed by atoms with Crippen molar-refractivity contribution in [2.45, 2.75) is 33.1 Å². The molecule has 3 aromatic carbocycles. The smallest absolute Gasteiger partial charge is 0.255 e. The molecular formula is C31H34N4O4. The zero-order chi connectivity index (χ0) is 28.2. The Hall–Kier alpha value is -4.59. The Kier molecular flexibility index (Phi) is 8.04. The van der Waals surface area contributed by atoms with Crippen LogP contribution in [0.15, 0.2) is 66.9 Å². The zero-order valence-corrected chi connectivity index (χ0v) is 23.4. The van der Waals surface area contributed by atoms with E-state index in [0.717, 1.165) is 16.8 Å². The molecule has 0 spiro atoms. The minimum Gasteiger partial charge on any atom is -0.493 e. The van der Waals surface area contributed by atoms with E-state index in [4.69, 9.17) is 19.2 Å². The number of carbonyl (C=O) groups excluding carboxylic acids is 1. The second-order valence-electron chi connectivity index (χ2n) is 10.1. The molecule has 0 aliphatic heterocycles. The van der Waals surface area contributed by atoms with Gasteiger partial charge in [-0.05, 0) is 47.7 Å². The summed E-state index contributed by atoms with van der Waals surface area (Å²) in [6, 6.07) is 18.9. The molecule has 0 unspecified atom stereocenters. The number of ether oxygens (including phenoxy) is 3. The molecule has 4 aromatic rings. The van der Waals surface area contributed by atoms with Gasteiger partial charge < -0.3 is 24.8 Å². The number of nitrogens with zero attached hydrogens (tertiary/aromatic N) is 2. The Morgan fingerprint density at radius 1 is 0.872 bits per heavy atom. The van der Waals surface area contributed by atoms with Gasteiger partial charge in [-0.25, -0.2) is 9.97 Å². The largest absolute Gasteiger partial charge is 0.493 e. The summed E-state index contributed by atoms with van der Waals surface area (Å²) in [5, 5.41) is 6.26. The van der Waals surface area contributed by atoms with Gasteiger partial charge >= 0.3 is 0 Å². The molecule has 39 heavy (non-hydrogen) atoms. The van der Waals surface area contributed by atoms with Gasteiger partial charge in [0.05, 0.1) is 27.0 Å². The lowest BCUT2D eigenvalue weighted by Crippen LogP contribution is -2.15. The molecular weight excluding hydrogens is 492 g/mol. The number of aromatic nitrogens is 2. The predicted molar refractivity (Wildman–Crippen MR) is 155 cm³/mol. The fourth-order valence-electron chi connectivity index (χ4n) is 4.22. The van der Waals surface area contributed by atoms with Crippen LogP contribution in [0.2, 0.25) is 0 Å². The first-order chi connectivity index (χ1) is 18.6. The molecule has 0 saturated carbocycles. The maximum atomic E-state index is 13.0. The summed E-state index contributed by atoms with van der Waals surface area (Å²) >= 11 is 0. The Balaban J connectivity index is 1.58. The fraction of sp³-hybridized carbons (Fsp3) is 0.258. The lowest BCUT2D eigenvalue weighted by Gasteiger charge is -2.19. The normalized spacial score (nSPS) is 11.1. The van der Waals surface area contributed by atoms with Crippen molar-refractivity contribution >= 4 is 23.2 Å². The summed E-state index contributed by atoms with van der Waals surface area (Å²) in [6.07, 6.45) is 1.68. The monoisotopic (exact) mass is 526 g/mol. The van der Waals surface area contributed by atoms with E-state index in [0.29, 0.717) is 40.1 Å². The van der Waals surface area contributed by atoms with E-state index in [-0.39, 0.29) is 11.3 Å². The highest BCUT2D eigenvalue weighted by Gasteiger charge is 2.17. The second-order valence-corrected chi connectivity index (χ2v) is 10.1. The SMILES string of the molecule is COc1cc(Nc2nccc(-c3cccc(NC(=O)c4ccc(C(C)(C)C)cc4)c3C)n2)cc(OC)c1OC. The molecule has 0 bridgehead atoms. The van der Waals surface area contributed by atoms with E-state index >= 15 is 0 Å². The molecule has 0 atom stereocenters. The molecule has 8 nitrogen and oxygen atoms in total. The summed E-state index contributed by atoms with van der Waals surface area (Å²) in [5.74, 6) is 1.77. The van der Waals surface area contributed by atoms with Crippen LogP contribution in [0.4, 0.5) is 17.3 Å². The quantitative estimate of drug-likeness (QED) is 0.262. The van der Waals surface area contributed by atoms with Crippen molar-refractivity contribution in [3.05, 3.63) is 83.6 Å². The molecule has 1 amide bonds. The Morgan fingerprint density at radius 2 is 1.54 bits per heavy atom. The highest BCUT2D eigenvalue weighted by atomic mass is 16.5. The fourth-order valence-corrected chi connectivity index (χ4v) is 4.22. The van der Waals surface area contributed by atoms with Crippen LogP contribution in [0.3, 0.4) is 0 Å². The number of benzene rings is 3. The maximum Gasteiger partial charge on any atom is 0.255 e. The number of hydrogen-bond acceptors (Lipinski definition) is 7. The van der Waals surface area contributed by atoms with Crippen LogP contribution in [0, 0.1) is 6.92 Å². The van der Waals surface area contributed by atoms with E-state index in [1.54, 1.807) is 39.7 Å². The first kappa shape index (κ1) is 27.4. The number of carbonyl (C=O) groups is 1. The molecule has 202 valence electrons. The van der Waals surface area contributed by atoms with E-state index < -0.39 is 0 Å². The van der Waals surface area contributed by atoms with Crippen molar-refractivity contribution in [1.29, 1.82) is 0 Å². The standard InChI is InChI=1S/C31H34N4O4/c1-19-23(9-8-10-24(19)34-29(36)20-11-13-21(14-12-20)31(2,3)4)25-15-16-32-30(35-25)33-22-17-26(37-5)28(39-7)27(18-22)38-6/h8-18H,1-7H3,(H,34,36)(H,32,33,35). The average Bonchev–Trinajstić information content (AvgIpc) is 2.93. The summed E-state index contributed by atoms with van der Waals surface area (Å²) < 4.78 is 16.3. The molecule has 4 rings (SSSR count). The molecule has 0 saturated heterocycles. The van der Waals surface area contributed by atoms with Gasteiger partial charge in [-0.15, -0.1) is 0 Å². The lowest BCUT2D eigenvalue weighted by molar-refractivity contribution is 0.102. The topological polar surface area (TPSA) is 94.6 Å². The van der Waals surface area contributed by atoms with E-state index in [1.807, 2.05) is 55.5 Å². The second kappa shape index (κ2) is 11.4. The summed E-state index contributed by atoms with van der Waals surface area (Å²) in [7, 11) is 4.68. The van der Waals surface area contributed by atoms with Crippen LogP contribution in [0.25, 0.3) is 11.3 Å². The summed E-state index contributed by atoms with van der Waals surface area (Å²) in [5.41, 5.74) is 5.69. The van der Waals surface area contributed by atoms with E-state index in [1.165, 1.54) is 5.56 Å². The Morgan fingerprint density at radius 3 is 2.13 bits per heavy atom. The van der Waals surface area contributed by atoms with E-state index in [2.05, 4.69) is 36.4 Å². The van der Waals surface area contributed by atoms with Gasteiger partial charge in [0.2, 0.25) is 11.7 Å². The van der Waals surface area contributed by atoms with Gasteiger partial charge in [-0.2, -0.15) is 0 Å². The summed E-state index contributed by atoms with van der Waals surface area (Å²) in [4.78, 5) is 22.1. The number of methoxy groups -OCH3 is 3. The zero-order valence-electron chi connectivity index (χ0n) is 23.4. The van der Waals surface area contributed by atoms with Gasteiger partial charge in [-0.1, -0.05) is 45.0 Å². The van der Waals surface area contributed by atoms with Crippen LogP contribution in [-0.2, 0) is 5.41 Å². The first-order valence-corrected chi connectivity index (χ1v) is 12.6. The van der Waals surface area contributed by atoms with Crippen molar-refractivity contribution in [2.75, 3.05) is 32.0 Å². The highest BCUT2D eigenvalue weighted by molar-refractivity contribution is 6.05. The van der Waals surface area contributed by atoms with Crippen molar-refractivity contribution in [3.8, 4) is 28.5 Å². The molecule has 0 aliphatic carbocycles. The van der Waals surface area contributed by atoms with Crippen LogP contribution in [0.5, 0.6) is 17.2 Å². The third kappa shape index (κ3) is 6.12. The first-order valence-electron chi connectivity index (χ1n) is 12.6. The number of amides is 1. The number of hydrogen-bond donors (Lipinski definition) is 2. The van der Waals surface area contributed by atoms with Crippen molar-refractivity contribution in [2.24, 2.45) is 0 Å². The minimum absolute atomic E-state index is 0.0245. The van der Waals surface area contributed by atoms with Crippen LogP contribution >= 0.6 is 0 Å². The van der Waals surface area contributed by atoms with E-state index in [9.17, 15) is 4.79 Å². The molecule has 1 heterocycles. The molecule has 1 aromatic heterocycles. The predicted octanol–water partition coefficient (Wildman–Crippen LogP) is 6.77. The molecule has 0 aliphatic rings. The van der Waals surface area contributed by atoms with Crippen molar-refractivity contribution < 1.29 is 19.0 Å². The summed E-state index contributed by atoms with van der Waals surface area (Å²) in [6.45, 7) is 8.41. The highest BCUT2D eigenvalue weighted by Crippen LogP contribution is 2.40. The number of rotatable bonds is 8. The maximum absolute atomic E-state index is 13.0. The van der Waals surface area contributed by atoms with Gasteiger partial charge in [0.25, 0.3) is 5.91 Å². The average molecular weight is 527 g/mol. The van der Waals surface area contributed by atoms with Crippen LogP contribution in [0.1, 0.15) is 42.3 Å². The third-order valence-corrected chi connectivity index (χ3v) is 6.45. The Labute approximate surface area is 229 Å². The van der Waals surface area contributed by atoms with Gasteiger partial charge in [-0.3, -0.25) is 4.79 Å². The van der Waals surface area contributed by atoms with Crippen molar-refractivity contribution in [1.82, 2.24) is 9.97 Å². The van der Waals surface area contributed by atoms with Crippen molar-refractivity contribution in [3.63, 3.8) is 0 Å². The number of anilines is 3. The molecule has 8 heteroatoms. The minimum atomic E-state index is -0.164. The third-order valence-electron chi connectivity index (χ3n) is 6.45. The lowest BCUT2D eigenvalue weighted by atomic mass is 9.86. The van der Waals surface area contributed by atoms with Crippen LogP contribution < -0.4 is 24.8 Å². The molecule has 0 fully saturated rings. The van der Waals surface area contributed by atoms with Gasteiger partial charge in [0.1, 0.15) is 0 Å². The Bertz CT molecular complexity index is 1450. The van der Waals surface area contributed by atoms with Gasteiger partial charge in [0.15, 0.2) is 11.5 Å². The molecule has 2 N–H and O–H groups in total. The number of nitrogens with one attached hydrogen (secondary N) is 2. The van der Waals surface area contributed by atoms with Crippen LogP contribution in [-0.4, -0.2) is 37.2 Å². The molecule has 0 radical (unpaired) electrons. The van der Waals surface area contributed by atoms with Gasteiger partial charge in [0, 0.05) is 40.8 Å².